The summed E-state index contributed by atoms with van der Waals surface area (Å²) in [5, 5.41) is 0.208. The zero-order valence-electron chi connectivity index (χ0n) is 10.7. The number of rotatable bonds is 4. The van der Waals surface area contributed by atoms with E-state index in [1.165, 1.54) is 25.7 Å². The topological polar surface area (TPSA) is 35.0 Å². The smallest absolute Gasteiger partial charge is 0.216 e. The molecule has 2 fully saturated rings. The molecule has 2 aliphatic carbocycles. The van der Waals surface area contributed by atoms with Crippen molar-refractivity contribution in [3.8, 4) is 5.88 Å². The van der Waals surface area contributed by atoms with E-state index in [4.69, 9.17) is 16.3 Å². The van der Waals surface area contributed by atoms with Crippen LogP contribution in [0, 0.1) is 17.8 Å². The molecule has 18 heavy (non-hydrogen) atoms. The molecule has 1 heterocycles. The molecule has 1 aromatic heterocycles. The third-order valence-electron chi connectivity index (χ3n) is 4.57. The molecule has 0 spiro atoms. The van der Waals surface area contributed by atoms with Crippen LogP contribution in [-0.4, -0.2) is 22.5 Å². The number of nitrogens with zero attached hydrogens (tertiary/aromatic N) is 2. The summed E-state index contributed by atoms with van der Waals surface area (Å²) in [7, 11) is 1.63. The lowest BCUT2D eigenvalue weighted by Gasteiger charge is -2.26. The van der Waals surface area contributed by atoms with Crippen molar-refractivity contribution in [1.82, 2.24) is 9.97 Å². The van der Waals surface area contributed by atoms with Crippen molar-refractivity contribution in [3.05, 3.63) is 18.1 Å². The highest BCUT2D eigenvalue weighted by molar-refractivity contribution is 6.21. The van der Waals surface area contributed by atoms with E-state index in [1.54, 1.807) is 13.4 Å². The highest BCUT2D eigenvalue weighted by atomic mass is 35.5. The number of alkyl halides is 1. The zero-order valence-corrected chi connectivity index (χ0v) is 11.4. The van der Waals surface area contributed by atoms with Crippen molar-refractivity contribution in [1.29, 1.82) is 0 Å². The number of aromatic nitrogens is 2. The van der Waals surface area contributed by atoms with Gasteiger partial charge in [0.15, 0.2) is 0 Å². The summed E-state index contributed by atoms with van der Waals surface area (Å²) in [5.41, 5.74) is 0.990. The lowest BCUT2D eigenvalue weighted by Crippen LogP contribution is -2.23. The number of hydrogen-bond acceptors (Lipinski definition) is 3. The van der Waals surface area contributed by atoms with E-state index in [-0.39, 0.29) is 5.38 Å². The first-order valence-electron chi connectivity index (χ1n) is 6.75. The number of fused-ring (bicyclic) bond motifs is 2. The van der Waals surface area contributed by atoms with Gasteiger partial charge in [-0.25, -0.2) is 9.97 Å². The maximum Gasteiger partial charge on any atom is 0.216 e. The molecule has 0 aliphatic heterocycles. The molecule has 0 saturated heterocycles. The quantitative estimate of drug-likeness (QED) is 0.786. The first-order valence-corrected chi connectivity index (χ1v) is 7.19. The van der Waals surface area contributed by atoms with Crippen molar-refractivity contribution in [3.63, 3.8) is 0 Å². The van der Waals surface area contributed by atoms with Crippen molar-refractivity contribution in [2.24, 2.45) is 17.8 Å². The molecule has 3 nitrogen and oxygen atoms in total. The number of methoxy groups -OCH3 is 1. The summed E-state index contributed by atoms with van der Waals surface area (Å²) in [6.07, 6.45) is 7.91. The second-order valence-electron chi connectivity index (χ2n) is 5.61. The van der Waals surface area contributed by atoms with Crippen molar-refractivity contribution in [2.45, 2.75) is 37.5 Å². The molecule has 1 aromatic rings. The second-order valence-corrected chi connectivity index (χ2v) is 6.17. The SMILES string of the molecule is COc1cc(CC(Cl)C2CC3CCC2C3)ncn1. The van der Waals surface area contributed by atoms with Gasteiger partial charge in [-0.05, 0) is 37.0 Å². The fourth-order valence-corrected chi connectivity index (χ4v) is 4.16. The maximum atomic E-state index is 6.61. The molecular weight excluding hydrogens is 248 g/mol. The van der Waals surface area contributed by atoms with Gasteiger partial charge in [0, 0.05) is 23.6 Å². The van der Waals surface area contributed by atoms with Crippen LogP contribution in [0.3, 0.4) is 0 Å². The predicted octanol–water partition coefficient (Wildman–Crippen LogP) is 3.07. The van der Waals surface area contributed by atoms with Crippen LogP contribution >= 0.6 is 11.6 Å². The Morgan fingerprint density at radius 2 is 2.28 bits per heavy atom. The van der Waals surface area contributed by atoms with E-state index in [1.807, 2.05) is 6.07 Å². The molecule has 4 atom stereocenters. The summed E-state index contributed by atoms with van der Waals surface area (Å²) in [6, 6.07) is 1.89. The van der Waals surface area contributed by atoms with Crippen molar-refractivity contribution in [2.75, 3.05) is 7.11 Å². The van der Waals surface area contributed by atoms with Crippen LogP contribution in [0.5, 0.6) is 5.88 Å². The summed E-state index contributed by atoms with van der Waals surface area (Å²) in [6.45, 7) is 0. The third kappa shape index (κ3) is 2.33. The van der Waals surface area contributed by atoms with Gasteiger partial charge in [0.05, 0.1) is 7.11 Å². The Kier molecular flexibility index (Phi) is 3.42. The first-order chi connectivity index (χ1) is 8.76. The number of ether oxygens (including phenoxy) is 1. The van der Waals surface area contributed by atoms with Crippen molar-refractivity contribution >= 4 is 11.6 Å². The van der Waals surface area contributed by atoms with Gasteiger partial charge in [0.2, 0.25) is 5.88 Å². The minimum Gasteiger partial charge on any atom is -0.481 e. The normalized spacial score (nSPS) is 31.6. The Balaban J connectivity index is 1.65. The van der Waals surface area contributed by atoms with Crippen LogP contribution in [0.1, 0.15) is 31.4 Å². The van der Waals surface area contributed by atoms with Gasteiger partial charge in [-0.2, -0.15) is 0 Å². The Hall–Kier alpha value is -0.830. The summed E-state index contributed by atoms with van der Waals surface area (Å²) >= 11 is 6.61. The molecule has 2 saturated carbocycles. The highest BCUT2D eigenvalue weighted by Crippen LogP contribution is 2.50. The van der Waals surface area contributed by atoms with Crippen LogP contribution < -0.4 is 4.74 Å². The van der Waals surface area contributed by atoms with E-state index in [0.29, 0.717) is 11.8 Å². The molecule has 2 bridgehead atoms. The van der Waals surface area contributed by atoms with Crippen LogP contribution in [0.2, 0.25) is 0 Å². The molecule has 0 aromatic carbocycles. The zero-order chi connectivity index (χ0) is 12.5. The average molecular weight is 267 g/mol. The van der Waals surface area contributed by atoms with E-state index >= 15 is 0 Å². The van der Waals surface area contributed by atoms with Gasteiger partial charge in [-0.1, -0.05) is 6.42 Å². The Bertz CT molecular complexity index is 426. The Labute approximate surface area is 113 Å². The third-order valence-corrected chi connectivity index (χ3v) is 5.05. The van der Waals surface area contributed by atoms with Crippen molar-refractivity contribution < 1.29 is 4.74 Å². The molecule has 3 rings (SSSR count). The minimum atomic E-state index is 0.208. The van der Waals surface area contributed by atoms with Gasteiger partial charge in [-0.3, -0.25) is 0 Å². The maximum absolute atomic E-state index is 6.61. The van der Waals surface area contributed by atoms with Crippen LogP contribution in [0.15, 0.2) is 12.4 Å². The van der Waals surface area contributed by atoms with Gasteiger partial charge >= 0.3 is 0 Å². The van der Waals surface area contributed by atoms with Crippen LogP contribution in [0.4, 0.5) is 0 Å². The van der Waals surface area contributed by atoms with Gasteiger partial charge in [0.25, 0.3) is 0 Å². The number of halogens is 1. The Morgan fingerprint density at radius 1 is 1.39 bits per heavy atom. The Morgan fingerprint density at radius 3 is 2.94 bits per heavy atom. The first kappa shape index (κ1) is 12.2. The molecular formula is C14H19ClN2O. The van der Waals surface area contributed by atoms with Crippen LogP contribution in [0.25, 0.3) is 0 Å². The molecule has 4 unspecified atom stereocenters. The molecule has 4 heteroatoms. The standard InChI is InChI=1S/C14H19ClN2O/c1-18-14-7-11(16-8-17-14)6-13(15)12-5-9-2-3-10(12)4-9/h7-10,12-13H,2-6H2,1H3. The van der Waals surface area contributed by atoms with E-state index in [2.05, 4.69) is 9.97 Å². The fraction of sp³-hybridized carbons (Fsp3) is 0.714. The summed E-state index contributed by atoms with van der Waals surface area (Å²) in [5.74, 6) is 3.12. The second kappa shape index (κ2) is 5.04. The van der Waals surface area contributed by atoms with Crippen LogP contribution in [-0.2, 0) is 6.42 Å². The minimum absolute atomic E-state index is 0.208. The predicted molar refractivity (Wildman–Crippen MR) is 70.9 cm³/mol. The molecule has 98 valence electrons. The van der Waals surface area contributed by atoms with E-state index in [0.717, 1.165) is 24.0 Å². The largest absolute Gasteiger partial charge is 0.481 e. The fourth-order valence-electron chi connectivity index (χ4n) is 3.69. The van der Waals surface area contributed by atoms with Gasteiger partial charge < -0.3 is 4.74 Å². The lowest BCUT2D eigenvalue weighted by atomic mass is 9.85. The average Bonchev–Trinajstić information content (AvgIpc) is 3.01. The van der Waals surface area contributed by atoms with Gasteiger partial charge in [0.1, 0.15) is 6.33 Å². The van der Waals surface area contributed by atoms with E-state index < -0.39 is 0 Å². The monoisotopic (exact) mass is 266 g/mol. The molecule has 0 amide bonds. The number of hydrogen-bond donors (Lipinski definition) is 0. The highest BCUT2D eigenvalue weighted by Gasteiger charge is 2.42. The van der Waals surface area contributed by atoms with E-state index in [9.17, 15) is 0 Å². The molecule has 2 aliphatic rings. The molecule has 0 radical (unpaired) electrons. The van der Waals surface area contributed by atoms with Gasteiger partial charge in [-0.15, -0.1) is 11.6 Å². The summed E-state index contributed by atoms with van der Waals surface area (Å²) in [4.78, 5) is 8.31. The molecule has 0 N–H and O–H groups in total. The lowest BCUT2D eigenvalue weighted by molar-refractivity contribution is 0.318. The summed E-state index contributed by atoms with van der Waals surface area (Å²) < 4.78 is 5.12.